The van der Waals surface area contributed by atoms with Crippen molar-refractivity contribution in [3.63, 3.8) is 0 Å². The number of benzene rings is 1. The molecule has 20 heavy (non-hydrogen) atoms. The van der Waals surface area contributed by atoms with Crippen LogP contribution in [0.3, 0.4) is 0 Å². The van der Waals surface area contributed by atoms with Gasteiger partial charge in [0.2, 0.25) is 5.89 Å². The van der Waals surface area contributed by atoms with Gasteiger partial charge in [-0.15, -0.1) is 0 Å². The quantitative estimate of drug-likeness (QED) is 0.841. The highest BCUT2D eigenvalue weighted by atomic mass is 16.5. The van der Waals surface area contributed by atoms with Crippen molar-refractivity contribution in [3.8, 4) is 0 Å². The average Bonchev–Trinajstić information content (AvgIpc) is 2.84. The third kappa shape index (κ3) is 4.46. The van der Waals surface area contributed by atoms with Crippen LogP contribution >= 0.6 is 0 Å². The maximum Gasteiger partial charge on any atom is 0.227 e. The number of hydrogen-bond acceptors (Lipinski definition) is 4. The summed E-state index contributed by atoms with van der Waals surface area (Å²) in [5.74, 6) is 2.05. The van der Waals surface area contributed by atoms with Crippen LogP contribution < -0.4 is 5.32 Å². The van der Waals surface area contributed by atoms with E-state index >= 15 is 0 Å². The number of nitrogens with zero attached hydrogens (tertiary/aromatic N) is 2. The predicted octanol–water partition coefficient (Wildman–Crippen LogP) is 3.30. The summed E-state index contributed by atoms with van der Waals surface area (Å²) in [4.78, 5) is 4.22. The number of rotatable bonds is 7. The summed E-state index contributed by atoms with van der Waals surface area (Å²) >= 11 is 0. The topological polar surface area (TPSA) is 51.0 Å². The third-order valence-corrected chi connectivity index (χ3v) is 3.21. The van der Waals surface area contributed by atoms with E-state index in [-0.39, 0.29) is 0 Å². The van der Waals surface area contributed by atoms with Crippen molar-refractivity contribution in [2.45, 2.75) is 39.7 Å². The molecule has 4 nitrogen and oxygen atoms in total. The molecule has 0 aliphatic rings. The molecule has 0 fully saturated rings. The van der Waals surface area contributed by atoms with Crippen LogP contribution in [0.1, 0.15) is 43.6 Å². The van der Waals surface area contributed by atoms with Crippen molar-refractivity contribution in [2.75, 3.05) is 6.54 Å². The highest BCUT2D eigenvalue weighted by Crippen LogP contribution is 2.20. The van der Waals surface area contributed by atoms with E-state index in [1.165, 1.54) is 5.56 Å². The van der Waals surface area contributed by atoms with Crippen LogP contribution in [0.15, 0.2) is 34.9 Å². The zero-order valence-corrected chi connectivity index (χ0v) is 12.5. The monoisotopic (exact) mass is 273 g/mol. The highest BCUT2D eigenvalue weighted by molar-refractivity contribution is 5.18. The van der Waals surface area contributed by atoms with Gasteiger partial charge in [0, 0.05) is 19.0 Å². The molecule has 2 rings (SSSR count). The second-order valence-electron chi connectivity index (χ2n) is 5.53. The second-order valence-corrected chi connectivity index (χ2v) is 5.53. The minimum absolute atomic E-state index is 0.375. The van der Waals surface area contributed by atoms with Gasteiger partial charge in [0.15, 0.2) is 5.82 Å². The van der Waals surface area contributed by atoms with Gasteiger partial charge in [-0.3, -0.25) is 0 Å². The van der Waals surface area contributed by atoms with E-state index in [1.807, 2.05) is 6.92 Å². The van der Waals surface area contributed by atoms with Gasteiger partial charge in [-0.05, 0) is 24.8 Å². The molecule has 0 bridgehead atoms. The Labute approximate surface area is 120 Å². The maximum atomic E-state index is 5.13. The van der Waals surface area contributed by atoms with Gasteiger partial charge in [-0.1, -0.05) is 49.3 Å². The molecule has 1 N–H and O–H groups in total. The Morgan fingerprint density at radius 1 is 1.20 bits per heavy atom. The van der Waals surface area contributed by atoms with Gasteiger partial charge in [-0.2, -0.15) is 4.98 Å². The molecule has 2 aromatic rings. The SMILES string of the molecule is Cc1noc(CCNC(CC(C)C)c2ccccc2)n1. The molecule has 0 saturated heterocycles. The summed E-state index contributed by atoms with van der Waals surface area (Å²) in [6, 6.07) is 11.0. The Balaban J connectivity index is 1.91. The van der Waals surface area contributed by atoms with Gasteiger partial charge in [0.25, 0.3) is 0 Å². The largest absolute Gasteiger partial charge is 0.339 e. The second kappa shape index (κ2) is 7.20. The molecule has 1 aromatic carbocycles. The summed E-state index contributed by atoms with van der Waals surface area (Å²) in [5.41, 5.74) is 1.34. The van der Waals surface area contributed by atoms with Crippen LogP contribution in [-0.2, 0) is 6.42 Å². The summed E-state index contributed by atoms with van der Waals surface area (Å²) in [6.45, 7) is 7.18. The molecule has 0 radical (unpaired) electrons. The minimum atomic E-state index is 0.375. The molecule has 0 saturated carbocycles. The number of aromatic nitrogens is 2. The molecule has 1 unspecified atom stereocenters. The standard InChI is InChI=1S/C16H23N3O/c1-12(2)11-15(14-7-5-4-6-8-14)17-10-9-16-18-13(3)19-20-16/h4-8,12,15,17H,9-11H2,1-3H3. The molecule has 0 spiro atoms. The van der Waals surface area contributed by atoms with Crippen LogP contribution in [0.5, 0.6) is 0 Å². The Morgan fingerprint density at radius 2 is 1.95 bits per heavy atom. The minimum Gasteiger partial charge on any atom is -0.339 e. The van der Waals surface area contributed by atoms with Crippen LogP contribution in [0, 0.1) is 12.8 Å². The van der Waals surface area contributed by atoms with Crippen LogP contribution in [-0.4, -0.2) is 16.7 Å². The van der Waals surface area contributed by atoms with E-state index in [2.05, 4.69) is 59.6 Å². The van der Waals surface area contributed by atoms with Crippen molar-refractivity contribution >= 4 is 0 Å². The lowest BCUT2D eigenvalue weighted by atomic mass is 9.97. The first-order valence-corrected chi connectivity index (χ1v) is 7.22. The molecular formula is C16H23N3O. The first kappa shape index (κ1) is 14.7. The van der Waals surface area contributed by atoms with Crippen molar-refractivity contribution in [2.24, 2.45) is 5.92 Å². The maximum absolute atomic E-state index is 5.13. The highest BCUT2D eigenvalue weighted by Gasteiger charge is 2.13. The van der Waals surface area contributed by atoms with E-state index in [4.69, 9.17) is 4.52 Å². The molecule has 0 aliphatic carbocycles. The normalized spacial score (nSPS) is 12.8. The van der Waals surface area contributed by atoms with Gasteiger partial charge < -0.3 is 9.84 Å². The molecule has 0 aliphatic heterocycles. The summed E-state index contributed by atoms with van der Waals surface area (Å²) in [7, 11) is 0. The predicted molar refractivity (Wildman–Crippen MR) is 79.4 cm³/mol. The van der Waals surface area contributed by atoms with E-state index in [0.29, 0.717) is 23.7 Å². The van der Waals surface area contributed by atoms with E-state index in [9.17, 15) is 0 Å². The fraction of sp³-hybridized carbons (Fsp3) is 0.500. The van der Waals surface area contributed by atoms with Crippen LogP contribution in [0.25, 0.3) is 0 Å². The lowest BCUT2D eigenvalue weighted by molar-refractivity contribution is 0.363. The van der Waals surface area contributed by atoms with Gasteiger partial charge in [0.1, 0.15) is 0 Å². The summed E-state index contributed by atoms with van der Waals surface area (Å²) < 4.78 is 5.13. The number of aryl methyl sites for hydroxylation is 1. The number of nitrogens with one attached hydrogen (secondary N) is 1. The van der Waals surface area contributed by atoms with Crippen molar-refractivity contribution in [1.29, 1.82) is 0 Å². The van der Waals surface area contributed by atoms with Crippen LogP contribution in [0.4, 0.5) is 0 Å². The van der Waals surface area contributed by atoms with E-state index in [0.717, 1.165) is 19.4 Å². The van der Waals surface area contributed by atoms with Crippen molar-refractivity contribution in [1.82, 2.24) is 15.5 Å². The van der Waals surface area contributed by atoms with E-state index in [1.54, 1.807) is 0 Å². The first-order chi connectivity index (χ1) is 9.65. The molecule has 1 heterocycles. The Bertz CT molecular complexity index is 507. The number of hydrogen-bond donors (Lipinski definition) is 1. The molecule has 1 atom stereocenters. The fourth-order valence-electron chi connectivity index (χ4n) is 2.29. The Hall–Kier alpha value is -1.68. The molecule has 1 aromatic heterocycles. The molecule has 108 valence electrons. The van der Waals surface area contributed by atoms with E-state index < -0.39 is 0 Å². The van der Waals surface area contributed by atoms with Gasteiger partial charge in [-0.25, -0.2) is 0 Å². The molecule has 0 amide bonds. The van der Waals surface area contributed by atoms with Crippen molar-refractivity contribution in [3.05, 3.63) is 47.6 Å². The van der Waals surface area contributed by atoms with Crippen molar-refractivity contribution < 1.29 is 4.52 Å². The molecular weight excluding hydrogens is 250 g/mol. The smallest absolute Gasteiger partial charge is 0.227 e. The van der Waals surface area contributed by atoms with Crippen LogP contribution in [0.2, 0.25) is 0 Å². The Kier molecular flexibility index (Phi) is 5.30. The summed E-state index contributed by atoms with van der Waals surface area (Å²) in [5, 5.41) is 7.40. The lowest BCUT2D eigenvalue weighted by Crippen LogP contribution is -2.25. The van der Waals surface area contributed by atoms with Gasteiger partial charge in [0.05, 0.1) is 0 Å². The third-order valence-electron chi connectivity index (χ3n) is 3.21. The zero-order chi connectivity index (χ0) is 14.4. The average molecular weight is 273 g/mol. The fourth-order valence-corrected chi connectivity index (χ4v) is 2.29. The lowest BCUT2D eigenvalue weighted by Gasteiger charge is -2.20. The Morgan fingerprint density at radius 3 is 2.55 bits per heavy atom. The van der Waals surface area contributed by atoms with Gasteiger partial charge >= 0.3 is 0 Å². The molecule has 4 heteroatoms. The zero-order valence-electron chi connectivity index (χ0n) is 12.5. The first-order valence-electron chi connectivity index (χ1n) is 7.22. The summed E-state index contributed by atoms with van der Waals surface area (Å²) in [6.07, 6.45) is 1.88.